The van der Waals surface area contributed by atoms with Crippen molar-refractivity contribution in [2.45, 2.75) is 56.7 Å². The van der Waals surface area contributed by atoms with Crippen LogP contribution >= 0.6 is 0 Å². The van der Waals surface area contributed by atoms with Crippen LogP contribution in [0.3, 0.4) is 0 Å². The van der Waals surface area contributed by atoms with Crippen molar-refractivity contribution in [1.29, 1.82) is 0 Å². The Balaban J connectivity index is 1.39. The maximum atomic E-state index is 12.6. The molecule has 0 radical (unpaired) electrons. The molecule has 2 saturated heterocycles. The Kier molecular flexibility index (Phi) is 6.16. The molecule has 0 aromatic heterocycles. The molecular weight excluding hydrogens is 377 g/mol. The summed E-state index contributed by atoms with van der Waals surface area (Å²) in [4.78, 5) is 39.3. The molecule has 3 rings (SSSR count). The molecule has 3 aliphatic rings. The quantitative estimate of drug-likeness (QED) is 0.660. The number of amides is 4. The van der Waals surface area contributed by atoms with Crippen LogP contribution in [0, 0.1) is 5.92 Å². The van der Waals surface area contributed by atoms with E-state index in [9.17, 15) is 27.6 Å². The second-order valence-corrected chi connectivity index (χ2v) is 8.09. The topological polar surface area (TPSA) is 81.8 Å². The number of nitrogens with zero attached hydrogens (tertiary/aromatic N) is 2. The molecule has 4 amide bonds. The Hall–Kier alpha value is -1.84. The average Bonchev–Trinajstić information content (AvgIpc) is 3.14. The number of likely N-dealkylation sites (tertiary alicyclic amines) is 1. The molecule has 1 unspecified atom stereocenters. The zero-order valence-electron chi connectivity index (χ0n) is 15.8. The number of urea groups is 1. The first kappa shape index (κ1) is 20.9. The number of rotatable bonds is 6. The van der Waals surface area contributed by atoms with Gasteiger partial charge in [-0.25, -0.2) is 4.79 Å². The summed E-state index contributed by atoms with van der Waals surface area (Å²) in [5.74, 6) is -0.573. The molecule has 158 valence electrons. The van der Waals surface area contributed by atoms with E-state index in [2.05, 4.69) is 10.6 Å². The van der Waals surface area contributed by atoms with Crippen molar-refractivity contribution in [3.8, 4) is 0 Å². The van der Waals surface area contributed by atoms with Crippen molar-refractivity contribution in [1.82, 2.24) is 20.4 Å². The first-order valence-electron chi connectivity index (χ1n) is 9.88. The minimum absolute atomic E-state index is 0.00573. The summed E-state index contributed by atoms with van der Waals surface area (Å²) < 4.78 is 37.2. The predicted molar refractivity (Wildman–Crippen MR) is 94.3 cm³/mol. The van der Waals surface area contributed by atoms with E-state index < -0.39 is 24.3 Å². The van der Waals surface area contributed by atoms with Gasteiger partial charge in [-0.15, -0.1) is 0 Å². The van der Waals surface area contributed by atoms with Gasteiger partial charge in [-0.1, -0.05) is 19.3 Å². The molecule has 1 spiro atoms. The zero-order valence-corrected chi connectivity index (χ0v) is 15.8. The summed E-state index contributed by atoms with van der Waals surface area (Å²) in [5, 5.41) is 5.52. The molecule has 2 aliphatic heterocycles. The zero-order chi connectivity index (χ0) is 20.4. The van der Waals surface area contributed by atoms with Crippen LogP contribution < -0.4 is 10.6 Å². The third kappa shape index (κ3) is 4.95. The number of hydrogen-bond donors (Lipinski definition) is 2. The first-order chi connectivity index (χ1) is 13.2. The Bertz CT molecular complexity index is 620. The summed E-state index contributed by atoms with van der Waals surface area (Å²) in [7, 11) is 0. The molecule has 0 aromatic carbocycles. The van der Waals surface area contributed by atoms with Gasteiger partial charge in [0.05, 0.1) is 6.54 Å². The molecule has 2 N–H and O–H groups in total. The second-order valence-electron chi connectivity index (χ2n) is 8.09. The summed E-state index contributed by atoms with van der Waals surface area (Å²) >= 11 is 0. The molecule has 1 aliphatic carbocycles. The molecule has 2 heterocycles. The van der Waals surface area contributed by atoms with Crippen molar-refractivity contribution in [3.63, 3.8) is 0 Å². The Labute approximate surface area is 162 Å². The molecule has 10 heteroatoms. The van der Waals surface area contributed by atoms with Gasteiger partial charge in [0.15, 0.2) is 0 Å². The monoisotopic (exact) mass is 404 g/mol. The standard InChI is InChI=1S/C18H27F3N4O3/c19-18(20,21)12-24-8-4-13(11-24)10-22-14(26)5-9-25-15(27)17(23-16(25)28)6-2-1-3-7-17/h13H,1-12H2,(H,22,26)(H,23,28). The summed E-state index contributed by atoms with van der Waals surface area (Å²) in [6.45, 7) is 0.0612. The molecule has 1 atom stereocenters. The van der Waals surface area contributed by atoms with Crippen LogP contribution in [0.1, 0.15) is 44.9 Å². The van der Waals surface area contributed by atoms with Gasteiger partial charge >= 0.3 is 12.2 Å². The van der Waals surface area contributed by atoms with Gasteiger partial charge < -0.3 is 10.6 Å². The largest absolute Gasteiger partial charge is 0.401 e. The van der Waals surface area contributed by atoms with Gasteiger partial charge in [-0.3, -0.25) is 19.4 Å². The van der Waals surface area contributed by atoms with E-state index in [-0.39, 0.29) is 30.7 Å². The fourth-order valence-corrected chi connectivity index (χ4v) is 4.41. The molecule has 7 nitrogen and oxygen atoms in total. The van der Waals surface area contributed by atoms with Crippen LogP contribution in [0.25, 0.3) is 0 Å². The van der Waals surface area contributed by atoms with Gasteiger partial charge in [-0.05, 0) is 31.7 Å². The Morgan fingerprint density at radius 1 is 1.21 bits per heavy atom. The molecule has 28 heavy (non-hydrogen) atoms. The number of nitrogens with one attached hydrogen (secondary N) is 2. The lowest BCUT2D eigenvalue weighted by molar-refractivity contribution is -0.144. The molecule has 1 saturated carbocycles. The van der Waals surface area contributed by atoms with Crippen molar-refractivity contribution in [2.24, 2.45) is 5.92 Å². The predicted octanol–water partition coefficient (Wildman–Crippen LogP) is 1.63. The lowest BCUT2D eigenvalue weighted by atomic mass is 9.82. The van der Waals surface area contributed by atoms with Crippen molar-refractivity contribution >= 4 is 17.8 Å². The second kappa shape index (κ2) is 8.26. The summed E-state index contributed by atoms with van der Waals surface area (Å²) in [6.07, 6.45) is 0.499. The van der Waals surface area contributed by atoms with E-state index in [0.717, 1.165) is 24.2 Å². The molecule has 0 bridgehead atoms. The highest BCUT2D eigenvalue weighted by Gasteiger charge is 2.51. The van der Waals surface area contributed by atoms with Gasteiger partial charge in [0.2, 0.25) is 5.91 Å². The van der Waals surface area contributed by atoms with Gasteiger partial charge in [0.1, 0.15) is 5.54 Å². The fourth-order valence-electron chi connectivity index (χ4n) is 4.41. The maximum absolute atomic E-state index is 12.6. The van der Waals surface area contributed by atoms with E-state index in [0.29, 0.717) is 38.9 Å². The van der Waals surface area contributed by atoms with Crippen molar-refractivity contribution < 1.29 is 27.6 Å². The van der Waals surface area contributed by atoms with Crippen LogP contribution in [0.4, 0.5) is 18.0 Å². The van der Waals surface area contributed by atoms with Crippen LogP contribution in [-0.4, -0.2) is 72.1 Å². The third-order valence-electron chi connectivity index (χ3n) is 5.88. The Morgan fingerprint density at radius 3 is 2.61 bits per heavy atom. The highest BCUT2D eigenvalue weighted by atomic mass is 19.4. The first-order valence-corrected chi connectivity index (χ1v) is 9.88. The summed E-state index contributed by atoms with van der Waals surface area (Å²) in [5.41, 5.74) is -0.794. The molecular formula is C18H27F3N4O3. The minimum Gasteiger partial charge on any atom is -0.356 e. The number of hydrogen-bond acceptors (Lipinski definition) is 4. The third-order valence-corrected chi connectivity index (χ3v) is 5.88. The molecule has 3 fully saturated rings. The van der Waals surface area contributed by atoms with Crippen LogP contribution in [0.15, 0.2) is 0 Å². The normalized spacial score (nSPS) is 25.4. The lowest BCUT2D eigenvalue weighted by Crippen LogP contribution is -2.48. The smallest absolute Gasteiger partial charge is 0.356 e. The number of carbonyl (C=O) groups excluding carboxylic acids is 3. The lowest BCUT2D eigenvalue weighted by Gasteiger charge is -2.30. The number of alkyl halides is 3. The number of carbonyl (C=O) groups is 3. The van der Waals surface area contributed by atoms with Gasteiger partial charge in [0, 0.05) is 26.1 Å². The van der Waals surface area contributed by atoms with E-state index >= 15 is 0 Å². The maximum Gasteiger partial charge on any atom is 0.401 e. The molecule has 0 aromatic rings. The van der Waals surface area contributed by atoms with E-state index in [1.54, 1.807) is 0 Å². The van der Waals surface area contributed by atoms with E-state index in [4.69, 9.17) is 0 Å². The highest BCUT2D eigenvalue weighted by Crippen LogP contribution is 2.33. The van der Waals surface area contributed by atoms with Crippen molar-refractivity contribution in [3.05, 3.63) is 0 Å². The number of imide groups is 1. The Morgan fingerprint density at radius 2 is 1.93 bits per heavy atom. The summed E-state index contributed by atoms with van der Waals surface area (Å²) in [6, 6.07) is -0.446. The highest BCUT2D eigenvalue weighted by molar-refractivity contribution is 6.07. The fraction of sp³-hybridized carbons (Fsp3) is 0.833. The van der Waals surface area contributed by atoms with Crippen molar-refractivity contribution in [2.75, 3.05) is 32.7 Å². The van der Waals surface area contributed by atoms with Crippen LogP contribution in [0.5, 0.6) is 0 Å². The minimum atomic E-state index is -4.21. The van der Waals surface area contributed by atoms with Crippen LogP contribution in [0.2, 0.25) is 0 Å². The van der Waals surface area contributed by atoms with Gasteiger partial charge in [-0.2, -0.15) is 13.2 Å². The van der Waals surface area contributed by atoms with E-state index in [1.165, 1.54) is 4.90 Å². The van der Waals surface area contributed by atoms with E-state index in [1.807, 2.05) is 0 Å². The number of halogens is 3. The average molecular weight is 404 g/mol. The SMILES string of the molecule is O=C(CCN1C(=O)NC2(CCCCC2)C1=O)NCC1CCN(CC(F)(F)F)C1. The van der Waals surface area contributed by atoms with Gasteiger partial charge in [0.25, 0.3) is 5.91 Å². The van der Waals surface area contributed by atoms with Crippen LogP contribution in [-0.2, 0) is 9.59 Å².